The van der Waals surface area contributed by atoms with Crippen molar-refractivity contribution < 1.29 is 23.8 Å². The number of hydrogen-bond donors (Lipinski definition) is 0. The fourth-order valence-corrected chi connectivity index (χ4v) is 4.02. The lowest BCUT2D eigenvalue weighted by Crippen LogP contribution is -2.45. The summed E-state index contributed by atoms with van der Waals surface area (Å²) < 4.78 is 15.6. The monoisotopic (exact) mass is 522 g/mol. The molecular formula is C30H54N2O5. The summed E-state index contributed by atoms with van der Waals surface area (Å²) in [5.41, 5.74) is 0. The van der Waals surface area contributed by atoms with Gasteiger partial charge in [-0.2, -0.15) is 0 Å². The van der Waals surface area contributed by atoms with Crippen LogP contribution in [0.3, 0.4) is 0 Å². The first-order valence-corrected chi connectivity index (χ1v) is 14.7. The van der Waals surface area contributed by atoms with Gasteiger partial charge >= 0.3 is 12.1 Å². The minimum absolute atomic E-state index is 0.0567. The van der Waals surface area contributed by atoms with Crippen LogP contribution in [0.2, 0.25) is 0 Å². The van der Waals surface area contributed by atoms with Crippen molar-refractivity contribution in [2.75, 3.05) is 59.6 Å². The van der Waals surface area contributed by atoms with Crippen molar-refractivity contribution >= 4 is 12.1 Å². The first-order chi connectivity index (χ1) is 18.0. The smallest absolute Gasteiger partial charge is 0.465 e. The van der Waals surface area contributed by atoms with Crippen molar-refractivity contribution in [1.82, 2.24) is 9.80 Å². The van der Waals surface area contributed by atoms with Crippen LogP contribution in [0.4, 0.5) is 4.79 Å². The quantitative estimate of drug-likeness (QED) is 0.0984. The fraction of sp³-hybridized carbons (Fsp3) is 0.800. The molecule has 0 N–H and O–H groups in total. The zero-order valence-electron chi connectivity index (χ0n) is 24.0. The molecule has 1 saturated heterocycles. The third kappa shape index (κ3) is 20.8. The van der Waals surface area contributed by atoms with Gasteiger partial charge in [0.05, 0.1) is 6.61 Å². The normalized spacial score (nSPS) is 15.9. The van der Waals surface area contributed by atoms with Crippen LogP contribution in [0.25, 0.3) is 0 Å². The summed E-state index contributed by atoms with van der Waals surface area (Å²) in [5, 5.41) is 0. The number of ether oxygens (including phenoxy) is 3. The number of allylic oxidation sites excluding steroid dienone is 4. The third-order valence-electron chi connectivity index (χ3n) is 6.57. The Labute approximate surface area is 226 Å². The Balaban J connectivity index is 1.89. The molecule has 1 fully saturated rings. The molecular weight excluding hydrogens is 468 g/mol. The Kier molecular flexibility index (Phi) is 20.9. The fourth-order valence-electron chi connectivity index (χ4n) is 4.02. The number of likely N-dealkylation sites (N-methyl/N-ethyl adjacent to an activating group) is 1. The summed E-state index contributed by atoms with van der Waals surface area (Å²) in [6, 6.07) is 0. The number of esters is 1. The molecule has 1 aliphatic heterocycles. The van der Waals surface area contributed by atoms with Crippen molar-refractivity contribution in [2.45, 2.75) is 90.9 Å². The van der Waals surface area contributed by atoms with E-state index in [1.54, 1.807) is 0 Å². The summed E-state index contributed by atoms with van der Waals surface area (Å²) >= 11 is 0. The van der Waals surface area contributed by atoms with Gasteiger partial charge < -0.3 is 19.1 Å². The van der Waals surface area contributed by atoms with Gasteiger partial charge in [0.25, 0.3) is 0 Å². The topological polar surface area (TPSA) is 68.3 Å². The van der Waals surface area contributed by atoms with Crippen LogP contribution in [0, 0.1) is 5.92 Å². The largest absolute Gasteiger partial charge is 0.508 e. The molecule has 0 spiro atoms. The molecule has 1 heterocycles. The average molecular weight is 523 g/mol. The molecule has 1 aliphatic rings. The van der Waals surface area contributed by atoms with Gasteiger partial charge in [-0.05, 0) is 45.6 Å². The van der Waals surface area contributed by atoms with Crippen molar-refractivity contribution in [3.8, 4) is 0 Å². The van der Waals surface area contributed by atoms with Gasteiger partial charge in [-0.3, -0.25) is 9.69 Å². The van der Waals surface area contributed by atoms with Gasteiger partial charge in [0, 0.05) is 45.1 Å². The second-order valence-electron chi connectivity index (χ2n) is 10.3. The Hall–Kier alpha value is -1.86. The standard InChI is InChI=1S/C30H54N2O5/c1-4-5-6-7-8-9-10-11-12-13-14-15-16-17-18-19-29(33)36-26-28(2)27-37-30(34)35-25-24-32-22-20-31(3)21-23-32/h8-9,11-12,28H,4-7,10,13-27H2,1-3H3/b9-8-,12-11-. The van der Waals surface area contributed by atoms with Crippen molar-refractivity contribution in [3.63, 3.8) is 0 Å². The van der Waals surface area contributed by atoms with Crippen LogP contribution in [0.1, 0.15) is 90.9 Å². The number of hydrogen-bond acceptors (Lipinski definition) is 7. The van der Waals surface area contributed by atoms with E-state index in [1.807, 2.05) is 6.92 Å². The molecule has 0 aromatic rings. The minimum Gasteiger partial charge on any atom is -0.465 e. The minimum atomic E-state index is -0.655. The molecule has 7 heteroatoms. The Morgan fingerprint density at radius 3 is 2.11 bits per heavy atom. The molecule has 7 nitrogen and oxygen atoms in total. The van der Waals surface area contributed by atoms with E-state index in [-0.39, 0.29) is 25.1 Å². The van der Waals surface area contributed by atoms with Crippen LogP contribution in [0.15, 0.2) is 24.3 Å². The number of unbranched alkanes of at least 4 members (excludes halogenated alkanes) is 8. The van der Waals surface area contributed by atoms with Gasteiger partial charge in [-0.1, -0.05) is 70.3 Å². The molecule has 0 aromatic heterocycles. The summed E-state index contributed by atoms with van der Waals surface area (Å²) in [7, 11) is 2.11. The number of nitrogens with zero attached hydrogens (tertiary/aromatic N) is 2. The molecule has 0 bridgehead atoms. The first kappa shape index (κ1) is 33.2. The maximum atomic E-state index is 12.0. The zero-order chi connectivity index (χ0) is 27.0. The van der Waals surface area contributed by atoms with E-state index in [9.17, 15) is 9.59 Å². The van der Waals surface area contributed by atoms with Gasteiger partial charge in [0.15, 0.2) is 0 Å². The Morgan fingerprint density at radius 1 is 0.784 bits per heavy atom. The van der Waals surface area contributed by atoms with E-state index in [4.69, 9.17) is 14.2 Å². The maximum absolute atomic E-state index is 12.0. The number of carbonyl (C=O) groups excluding carboxylic acids is 2. The molecule has 1 atom stereocenters. The SMILES string of the molecule is CCCCC/C=C\C/C=C\CCCCCCCC(=O)OCC(C)COC(=O)OCCN1CCN(C)CC1. The molecule has 0 radical (unpaired) electrons. The van der Waals surface area contributed by atoms with E-state index in [0.717, 1.165) is 64.8 Å². The molecule has 0 saturated carbocycles. The predicted molar refractivity (Wildman–Crippen MR) is 151 cm³/mol. The molecule has 37 heavy (non-hydrogen) atoms. The van der Waals surface area contributed by atoms with Gasteiger partial charge in [-0.15, -0.1) is 0 Å². The van der Waals surface area contributed by atoms with E-state index in [0.29, 0.717) is 13.0 Å². The lowest BCUT2D eigenvalue weighted by atomic mass is 10.1. The zero-order valence-corrected chi connectivity index (χ0v) is 24.0. The van der Waals surface area contributed by atoms with Crippen molar-refractivity contribution in [3.05, 3.63) is 24.3 Å². The van der Waals surface area contributed by atoms with Crippen LogP contribution in [0.5, 0.6) is 0 Å². The van der Waals surface area contributed by atoms with Gasteiger partial charge in [0.2, 0.25) is 0 Å². The van der Waals surface area contributed by atoms with Gasteiger partial charge in [0.1, 0.15) is 13.2 Å². The highest BCUT2D eigenvalue weighted by molar-refractivity contribution is 5.69. The maximum Gasteiger partial charge on any atom is 0.508 e. The van der Waals surface area contributed by atoms with Crippen LogP contribution >= 0.6 is 0 Å². The lowest BCUT2D eigenvalue weighted by Gasteiger charge is -2.31. The number of carbonyl (C=O) groups is 2. The predicted octanol–water partition coefficient (Wildman–Crippen LogP) is 6.38. The first-order valence-electron chi connectivity index (χ1n) is 14.7. The molecule has 0 aliphatic carbocycles. The highest BCUT2D eigenvalue weighted by Gasteiger charge is 2.15. The Morgan fingerprint density at radius 2 is 1.41 bits per heavy atom. The molecule has 1 unspecified atom stereocenters. The van der Waals surface area contributed by atoms with Crippen LogP contribution in [-0.2, 0) is 19.0 Å². The second-order valence-corrected chi connectivity index (χ2v) is 10.3. The molecule has 214 valence electrons. The van der Waals surface area contributed by atoms with E-state index < -0.39 is 6.16 Å². The van der Waals surface area contributed by atoms with Gasteiger partial charge in [-0.25, -0.2) is 4.79 Å². The summed E-state index contributed by atoms with van der Waals surface area (Å²) in [5.74, 6) is -0.231. The summed E-state index contributed by atoms with van der Waals surface area (Å²) in [6.07, 6.45) is 21.7. The van der Waals surface area contributed by atoms with E-state index in [1.165, 1.54) is 38.5 Å². The highest BCUT2D eigenvalue weighted by atomic mass is 16.7. The average Bonchev–Trinajstić information content (AvgIpc) is 2.89. The number of rotatable bonds is 21. The second kappa shape index (κ2) is 23.3. The molecule has 1 rings (SSSR count). The highest BCUT2D eigenvalue weighted by Crippen LogP contribution is 2.09. The lowest BCUT2D eigenvalue weighted by molar-refractivity contribution is -0.145. The summed E-state index contributed by atoms with van der Waals surface area (Å²) in [4.78, 5) is 28.3. The van der Waals surface area contributed by atoms with E-state index in [2.05, 4.69) is 48.1 Å². The third-order valence-corrected chi connectivity index (χ3v) is 6.57. The molecule has 0 aromatic carbocycles. The number of piperazine rings is 1. The van der Waals surface area contributed by atoms with Crippen LogP contribution < -0.4 is 0 Å². The van der Waals surface area contributed by atoms with Crippen LogP contribution in [-0.4, -0.2) is 81.5 Å². The summed E-state index contributed by atoms with van der Waals surface area (Å²) in [6.45, 7) is 9.69. The molecule has 0 amide bonds. The Bertz CT molecular complexity index is 629. The van der Waals surface area contributed by atoms with Crippen molar-refractivity contribution in [2.24, 2.45) is 5.92 Å². The van der Waals surface area contributed by atoms with E-state index >= 15 is 0 Å². The van der Waals surface area contributed by atoms with Crippen molar-refractivity contribution in [1.29, 1.82) is 0 Å².